The Hall–Kier alpha value is -2.38. The average molecular weight is 574 g/mol. The first-order valence-corrected chi connectivity index (χ1v) is 15.3. The van der Waals surface area contributed by atoms with Gasteiger partial charge in [-0.05, 0) is 62.3 Å². The van der Waals surface area contributed by atoms with Gasteiger partial charge in [0, 0.05) is 59.0 Å². The zero-order valence-corrected chi connectivity index (χ0v) is 23.5. The van der Waals surface area contributed by atoms with Crippen molar-refractivity contribution in [3.63, 3.8) is 0 Å². The molecule has 7 nitrogen and oxygen atoms in total. The van der Waals surface area contributed by atoms with Crippen molar-refractivity contribution in [3.8, 4) is 23.1 Å². The Morgan fingerprint density at radius 3 is 2.47 bits per heavy atom. The van der Waals surface area contributed by atoms with Crippen molar-refractivity contribution in [2.45, 2.75) is 38.5 Å². The quantitative estimate of drug-likeness (QED) is 0.451. The fourth-order valence-corrected chi connectivity index (χ4v) is 6.17. The Bertz CT molecular complexity index is 1490. The van der Waals surface area contributed by atoms with E-state index in [-0.39, 0.29) is 6.54 Å². The third kappa shape index (κ3) is 6.26. The van der Waals surface area contributed by atoms with Gasteiger partial charge in [-0.15, -0.1) is 0 Å². The van der Waals surface area contributed by atoms with Crippen LogP contribution in [0.3, 0.4) is 0 Å². The van der Waals surface area contributed by atoms with E-state index < -0.39 is 16.1 Å². The van der Waals surface area contributed by atoms with E-state index >= 15 is 0 Å². The summed E-state index contributed by atoms with van der Waals surface area (Å²) in [6.45, 7) is 3.60. The Kier molecular flexibility index (Phi) is 8.15. The van der Waals surface area contributed by atoms with Crippen LogP contribution in [-0.4, -0.2) is 71.0 Å². The van der Waals surface area contributed by atoms with Crippen LogP contribution in [-0.2, 0) is 29.5 Å². The highest BCUT2D eigenvalue weighted by Gasteiger charge is 2.30. The SMILES string of the molecule is CS(=O)(=O)N1CCc2c(c(-c3ccc(Cl)c(C#Cc4ccc(Cl)cc4)c3)nn2CC(O)CN2CCCC2)C1. The molecule has 0 amide bonds. The maximum atomic E-state index is 12.4. The number of fused-ring (bicyclic) bond motifs is 1. The summed E-state index contributed by atoms with van der Waals surface area (Å²) in [6, 6.07) is 12.8. The zero-order valence-electron chi connectivity index (χ0n) is 21.2. The molecule has 1 atom stereocenters. The van der Waals surface area contributed by atoms with E-state index in [1.165, 1.54) is 10.6 Å². The van der Waals surface area contributed by atoms with E-state index in [4.69, 9.17) is 28.3 Å². The number of nitrogens with zero attached hydrogens (tertiary/aromatic N) is 4. The average Bonchev–Trinajstić information content (AvgIpc) is 3.52. The van der Waals surface area contributed by atoms with Crippen LogP contribution in [0.5, 0.6) is 0 Å². The molecule has 10 heteroatoms. The molecule has 0 radical (unpaired) electrons. The molecule has 3 aromatic rings. The molecule has 2 aliphatic heterocycles. The van der Waals surface area contributed by atoms with E-state index in [2.05, 4.69) is 16.7 Å². The summed E-state index contributed by atoms with van der Waals surface area (Å²) in [7, 11) is -3.37. The van der Waals surface area contributed by atoms with Gasteiger partial charge in [-0.3, -0.25) is 4.68 Å². The van der Waals surface area contributed by atoms with Gasteiger partial charge in [0.25, 0.3) is 0 Å². The number of aliphatic hydroxyl groups excluding tert-OH is 1. The van der Waals surface area contributed by atoms with Gasteiger partial charge in [0.15, 0.2) is 0 Å². The standard InChI is InChI=1S/C28H30Cl2N4O3S/c1-38(36,37)33-15-12-27-25(19-33)28(31-34(27)18-24(35)17-32-13-2-3-14-32)22-8-11-26(30)21(16-22)7-4-20-5-9-23(29)10-6-20/h5-6,8-11,16,24,35H,2-3,12-15,17-19H2,1H3. The predicted octanol–water partition coefficient (Wildman–Crippen LogP) is 4.03. The van der Waals surface area contributed by atoms with Crippen LogP contribution < -0.4 is 0 Å². The number of β-amino-alcohol motifs (C(OH)–C–C–N with tert-alkyl or cyclic N) is 1. The molecular weight excluding hydrogens is 543 g/mol. The largest absolute Gasteiger partial charge is 0.390 e. The highest BCUT2D eigenvalue weighted by Crippen LogP contribution is 2.33. The summed E-state index contributed by atoms with van der Waals surface area (Å²) in [6.07, 6.45) is 3.52. The maximum absolute atomic E-state index is 12.4. The van der Waals surface area contributed by atoms with Crippen molar-refractivity contribution >= 4 is 33.2 Å². The maximum Gasteiger partial charge on any atom is 0.211 e. The molecule has 1 saturated heterocycles. The van der Waals surface area contributed by atoms with E-state index in [0.29, 0.717) is 47.4 Å². The van der Waals surface area contributed by atoms with Gasteiger partial charge in [-0.2, -0.15) is 9.40 Å². The first-order valence-electron chi connectivity index (χ1n) is 12.7. The van der Waals surface area contributed by atoms with Crippen LogP contribution in [0, 0.1) is 11.8 Å². The molecule has 38 heavy (non-hydrogen) atoms. The van der Waals surface area contributed by atoms with Gasteiger partial charge in [0.05, 0.1) is 29.6 Å². The smallest absolute Gasteiger partial charge is 0.211 e. The highest BCUT2D eigenvalue weighted by atomic mass is 35.5. The Labute approximate surface area is 234 Å². The summed E-state index contributed by atoms with van der Waals surface area (Å²) in [5.41, 5.74) is 4.76. The van der Waals surface area contributed by atoms with Crippen molar-refractivity contribution in [2.75, 3.05) is 32.4 Å². The van der Waals surface area contributed by atoms with Crippen LogP contribution in [0.25, 0.3) is 11.3 Å². The van der Waals surface area contributed by atoms with Crippen molar-refractivity contribution in [2.24, 2.45) is 0 Å². The molecule has 0 saturated carbocycles. The molecule has 1 fully saturated rings. The molecule has 2 aromatic carbocycles. The molecule has 200 valence electrons. The molecule has 1 unspecified atom stereocenters. The monoisotopic (exact) mass is 572 g/mol. The topological polar surface area (TPSA) is 78.7 Å². The number of aromatic nitrogens is 2. The number of halogens is 2. The van der Waals surface area contributed by atoms with Crippen LogP contribution in [0.2, 0.25) is 10.0 Å². The minimum atomic E-state index is -3.37. The van der Waals surface area contributed by atoms with E-state index in [1.54, 1.807) is 18.2 Å². The number of hydrogen-bond acceptors (Lipinski definition) is 5. The molecule has 0 bridgehead atoms. The molecular formula is C28H30Cl2N4O3S. The lowest BCUT2D eigenvalue weighted by Crippen LogP contribution is -2.37. The third-order valence-electron chi connectivity index (χ3n) is 7.04. The van der Waals surface area contributed by atoms with Crippen LogP contribution in [0.4, 0.5) is 0 Å². The summed E-state index contributed by atoms with van der Waals surface area (Å²) in [5, 5.41) is 16.9. The summed E-state index contributed by atoms with van der Waals surface area (Å²) < 4.78 is 28.1. The van der Waals surface area contributed by atoms with Crippen molar-refractivity contribution < 1.29 is 13.5 Å². The Balaban J connectivity index is 1.49. The van der Waals surface area contributed by atoms with Crippen LogP contribution in [0.1, 0.15) is 35.2 Å². The van der Waals surface area contributed by atoms with E-state index in [9.17, 15) is 13.5 Å². The van der Waals surface area contributed by atoms with Crippen LogP contribution in [0.15, 0.2) is 42.5 Å². The first-order chi connectivity index (χ1) is 18.2. The highest BCUT2D eigenvalue weighted by molar-refractivity contribution is 7.88. The number of hydrogen-bond donors (Lipinski definition) is 1. The Morgan fingerprint density at radius 2 is 1.76 bits per heavy atom. The molecule has 1 aromatic heterocycles. The molecule has 2 aliphatic rings. The molecule has 1 N–H and O–H groups in total. The van der Waals surface area contributed by atoms with E-state index in [1.807, 2.05) is 28.9 Å². The second-order valence-electron chi connectivity index (χ2n) is 9.92. The molecule has 0 aliphatic carbocycles. The van der Waals surface area contributed by atoms with Crippen molar-refractivity contribution in [3.05, 3.63) is 74.9 Å². The minimum absolute atomic E-state index is 0.236. The summed E-state index contributed by atoms with van der Waals surface area (Å²) >= 11 is 12.5. The fraction of sp³-hybridized carbons (Fsp3) is 0.393. The second kappa shape index (κ2) is 11.4. The lowest BCUT2D eigenvalue weighted by atomic mass is 10.0. The van der Waals surface area contributed by atoms with Gasteiger partial charge in [0.2, 0.25) is 10.0 Å². The van der Waals surface area contributed by atoms with E-state index in [0.717, 1.165) is 48.3 Å². The van der Waals surface area contributed by atoms with Gasteiger partial charge in [0.1, 0.15) is 0 Å². The van der Waals surface area contributed by atoms with Crippen molar-refractivity contribution in [1.29, 1.82) is 0 Å². The number of benzene rings is 2. The second-order valence-corrected chi connectivity index (χ2v) is 12.7. The summed E-state index contributed by atoms with van der Waals surface area (Å²) in [5.74, 6) is 6.26. The fourth-order valence-electron chi connectivity index (χ4n) is 5.09. The van der Waals surface area contributed by atoms with Gasteiger partial charge < -0.3 is 10.0 Å². The minimum Gasteiger partial charge on any atom is -0.390 e. The Morgan fingerprint density at radius 1 is 1.03 bits per heavy atom. The number of rotatable bonds is 6. The first kappa shape index (κ1) is 27.2. The summed E-state index contributed by atoms with van der Waals surface area (Å²) in [4.78, 5) is 2.28. The normalized spacial score (nSPS) is 17.2. The van der Waals surface area contributed by atoms with Crippen molar-refractivity contribution in [1.82, 2.24) is 19.0 Å². The number of likely N-dealkylation sites (tertiary alicyclic amines) is 1. The predicted molar refractivity (Wildman–Crippen MR) is 151 cm³/mol. The van der Waals surface area contributed by atoms with Gasteiger partial charge in [-0.1, -0.05) is 41.1 Å². The lowest BCUT2D eigenvalue weighted by molar-refractivity contribution is 0.104. The molecule has 5 rings (SSSR count). The number of sulfonamides is 1. The van der Waals surface area contributed by atoms with Gasteiger partial charge >= 0.3 is 0 Å². The van der Waals surface area contributed by atoms with Crippen LogP contribution >= 0.6 is 23.2 Å². The van der Waals surface area contributed by atoms with Gasteiger partial charge in [-0.25, -0.2) is 8.42 Å². The third-order valence-corrected chi connectivity index (χ3v) is 8.88. The molecule has 0 spiro atoms. The number of aliphatic hydroxyl groups is 1. The lowest BCUT2D eigenvalue weighted by Gasteiger charge is -2.26. The zero-order chi connectivity index (χ0) is 26.9. The molecule has 3 heterocycles.